The number of carbonyl (C=O) groups is 1. The van der Waals surface area contributed by atoms with E-state index in [-0.39, 0.29) is 5.91 Å². The molecule has 0 bridgehead atoms. The minimum absolute atomic E-state index is 0.302. The standard InChI is InChI=1S/C14H10BrCl2NO2/c1-20-13-5-3-9(7-11(13)15)18-14(19)10-4-2-8(16)6-12(10)17/h2-7H,1H3,(H,18,19). The van der Waals surface area contributed by atoms with Crippen LogP contribution in [0.2, 0.25) is 10.0 Å². The summed E-state index contributed by atoms with van der Waals surface area (Å²) in [5, 5.41) is 3.55. The molecule has 3 nitrogen and oxygen atoms in total. The van der Waals surface area contributed by atoms with Crippen LogP contribution in [0.1, 0.15) is 10.4 Å². The van der Waals surface area contributed by atoms with Crippen LogP contribution in [0, 0.1) is 0 Å². The fourth-order valence-electron chi connectivity index (χ4n) is 1.62. The average molecular weight is 375 g/mol. The van der Waals surface area contributed by atoms with Gasteiger partial charge in [-0.2, -0.15) is 0 Å². The Morgan fingerprint density at radius 2 is 1.95 bits per heavy atom. The van der Waals surface area contributed by atoms with Crippen molar-refractivity contribution in [1.82, 2.24) is 0 Å². The van der Waals surface area contributed by atoms with Crippen LogP contribution in [0.25, 0.3) is 0 Å². The van der Waals surface area contributed by atoms with E-state index in [1.54, 1.807) is 37.4 Å². The van der Waals surface area contributed by atoms with Crippen molar-refractivity contribution in [1.29, 1.82) is 0 Å². The number of halogens is 3. The molecule has 0 aliphatic rings. The van der Waals surface area contributed by atoms with Crippen LogP contribution in [0.15, 0.2) is 40.9 Å². The second kappa shape index (κ2) is 6.48. The lowest BCUT2D eigenvalue weighted by Crippen LogP contribution is -2.12. The quantitative estimate of drug-likeness (QED) is 0.819. The zero-order valence-electron chi connectivity index (χ0n) is 10.4. The molecule has 0 aliphatic heterocycles. The lowest BCUT2D eigenvalue weighted by atomic mass is 10.2. The van der Waals surface area contributed by atoms with Gasteiger partial charge in [0.15, 0.2) is 0 Å². The first kappa shape index (κ1) is 15.2. The molecule has 0 aliphatic carbocycles. The first-order valence-electron chi connectivity index (χ1n) is 5.61. The Balaban J connectivity index is 2.21. The second-order valence-electron chi connectivity index (χ2n) is 3.93. The van der Waals surface area contributed by atoms with Gasteiger partial charge in [-0.1, -0.05) is 23.2 Å². The van der Waals surface area contributed by atoms with Gasteiger partial charge in [-0.3, -0.25) is 4.79 Å². The fraction of sp³-hybridized carbons (Fsp3) is 0.0714. The number of nitrogens with one attached hydrogen (secondary N) is 1. The minimum Gasteiger partial charge on any atom is -0.496 e. The summed E-state index contributed by atoms with van der Waals surface area (Å²) in [5.41, 5.74) is 0.997. The number of anilines is 1. The van der Waals surface area contributed by atoms with Gasteiger partial charge < -0.3 is 10.1 Å². The molecule has 0 fully saturated rings. The van der Waals surface area contributed by atoms with Crippen LogP contribution in [0.4, 0.5) is 5.69 Å². The topological polar surface area (TPSA) is 38.3 Å². The molecule has 0 atom stereocenters. The summed E-state index contributed by atoms with van der Waals surface area (Å²) in [6.45, 7) is 0. The molecule has 2 aromatic carbocycles. The molecular weight excluding hydrogens is 365 g/mol. The van der Waals surface area contributed by atoms with E-state index in [4.69, 9.17) is 27.9 Å². The maximum absolute atomic E-state index is 12.1. The number of ether oxygens (including phenoxy) is 1. The predicted molar refractivity (Wildman–Crippen MR) is 85.1 cm³/mol. The van der Waals surface area contributed by atoms with E-state index >= 15 is 0 Å². The summed E-state index contributed by atoms with van der Waals surface area (Å²) in [5.74, 6) is 0.385. The van der Waals surface area contributed by atoms with Crippen LogP contribution in [0.5, 0.6) is 5.75 Å². The van der Waals surface area contributed by atoms with Crippen LogP contribution in [-0.4, -0.2) is 13.0 Å². The summed E-state index contributed by atoms with van der Waals surface area (Å²) in [7, 11) is 1.58. The molecule has 20 heavy (non-hydrogen) atoms. The number of hydrogen-bond donors (Lipinski definition) is 1. The van der Waals surface area contributed by atoms with Gasteiger partial charge in [0.25, 0.3) is 5.91 Å². The van der Waals surface area contributed by atoms with Crippen molar-refractivity contribution in [2.24, 2.45) is 0 Å². The van der Waals surface area contributed by atoms with Crippen LogP contribution in [-0.2, 0) is 0 Å². The third-order valence-electron chi connectivity index (χ3n) is 2.59. The van der Waals surface area contributed by atoms with E-state index in [1.807, 2.05) is 0 Å². The lowest BCUT2D eigenvalue weighted by Gasteiger charge is -2.09. The van der Waals surface area contributed by atoms with Crippen molar-refractivity contribution in [2.75, 3.05) is 12.4 Å². The van der Waals surface area contributed by atoms with Crippen molar-refractivity contribution in [2.45, 2.75) is 0 Å². The molecule has 0 aromatic heterocycles. The Hall–Kier alpha value is -1.23. The number of rotatable bonds is 3. The summed E-state index contributed by atoms with van der Waals surface area (Å²) in [6, 6.07) is 9.97. The maximum atomic E-state index is 12.1. The van der Waals surface area contributed by atoms with E-state index in [9.17, 15) is 4.79 Å². The van der Waals surface area contributed by atoms with Gasteiger partial charge >= 0.3 is 0 Å². The second-order valence-corrected chi connectivity index (χ2v) is 5.63. The van der Waals surface area contributed by atoms with E-state index in [0.717, 1.165) is 4.47 Å². The zero-order valence-corrected chi connectivity index (χ0v) is 13.5. The SMILES string of the molecule is COc1ccc(NC(=O)c2ccc(Cl)cc2Cl)cc1Br. The van der Waals surface area contributed by atoms with E-state index < -0.39 is 0 Å². The first-order valence-corrected chi connectivity index (χ1v) is 7.16. The summed E-state index contributed by atoms with van der Waals surface area (Å²) >= 11 is 15.2. The zero-order chi connectivity index (χ0) is 14.7. The van der Waals surface area contributed by atoms with E-state index in [0.29, 0.717) is 27.0 Å². The molecule has 0 saturated carbocycles. The van der Waals surface area contributed by atoms with E-state index in [2.05, 4.69) is 21.2 Å². The highest BCUT2D eigenvalue weighted by Gasteiger charge is 2.11. The molecule has 0 heterocycles. The Morgan fingerprint density at radius 3 is 2.55 bits per heavy atom. The van der Waals surface area contributed by atoms with E-state index in [1.165, 1.54) is 6.07 Å². The number of hydrogen-bond acceptors (Lipinski definition) is 2. The Kier molecular flexibility index (Phi) is 4.91. The molecule has 104 valence electrons. The Labute approximate surface area is 135 Å². The van der Waals surface area contributed by atoms with Crippen LogP contribution < -0.4 is 10.1 Å². The average Bonchev–Trinajstić information content (AvgIpc) is 2.38. The summed E-state index contributed by atoms with van der Waals surface area (Å²) in [4.78, 5) is 12.1. The molecule has 1 amide bonds. The van der Waals surface area contributed by atoms with Crippen molar-refractivity contribution in [3.8, 4) is 5.75 Å². The van der Waals surface area contributed by atoms with Crippen LogP contribution >= 0.6 is 39.1 Å². The van der Waals surface area contributed by atoms with Gasteiger partial charge in [0.2, 0.25) is 0 Å². The van der Waals surface area contributed by atoms with Gasteiger partial charge in [-0.15, -0.1) is 0 Å². The Bertz CT molecular complexity index is 662. The highest BCUT2D eigenvalue weighted by molar-refractivity contribution is 9.10. The van der Waals surface area contributed by atoms with Gasteiger partial charge in [0, 0.05) is 10.7 Å². The molecule has 0 spiro atoms. The highest BCUT2D eigenvalue weighted by atomic mass is 79.9. The smallest absolute Gasteiger partial charge is 0.257 e. The normalized spacial score (nSPS) is 10.2. The number of amides is 1. The van der Waals surface area contributed by atoms with Crippen molar-refractivity contribution < 1.29 is 9.53 Å². The molecule has 6 heteroatoms. The monoisotopic (exact) mass is 373 g/mol. The fourth-order valence-corrected chi connectivity index (χ4v) is 2.65. The molecule has 0 radical (unpaired) electrons. The summed E-state index contributed by atoms with van der Waals surface area (Å²) < 4.78 is 5.88. The third kappa shape index (κ3) is 3.45. The molecule has 0 unspecified atom stereocenters. The molecular formula is C14H10BrCl2NO2. The van der Waals surface area contributed by atoms with Crippen molar-refractivity contribution in [3.05, 3.63) is 56.5 Å². The Morgan fingerprint density at radius 1 is 1.20 bits per heavy atom. The lowest BCUT2D eigenvalue weighted by molar-refractivity contribution is 0.102. The molecule has 0 saturated heterocycles. The molecule has 2 aromatic rings. The van der Waals surface area contributed by atoms with Gasteiger partial charge in [0.1, 0.15) is 5.75 Å². The van der Waals surface area contributed by atoms with Gasteiger partial charge in [-0.25, -0.2) is 0 Å². The molecule has 2 rings (SSSR count). The predicted octanol–water partition coefficient (Wildman–Crippen LogP) is 5.02. The number of methoxy groups -OCH3 is 1. The molecule has 1 N–H and O–H groups in total. The minimum atomic E-state index is -0.302. The van der Waals surface area contributed by atoms with Crippen molar-refractivity contribution >= 4 is 50.7 Å². The van der Waals surface area contributed by atoms with Gasteiger partial charge in [-0.05, 0) is 52.3 Å². The number of carbonyl (C=O) groups excluding carboxylic acids is 1. The largest absolute Gasteiger partial charge is 0.496 e. The van der Waals surface area contributed by atoms with Gasteiger partial charge in [0.05, 0.1) is 22.2 Å². The van der Waals surface area contributed by atoms with Crippen LogP contribution in [0.3, 0.4) is 0 Å². The van der Waals surface area contributed by atoms with Crippen molar-refractivity contribution in [3.63, 3.8) is 0 Å². The maximum Gasteiger partial charge on any atom is 0.257 e. The first-order chi connectivity index (χ1) is 9.51. The number of benzene rings is 2. The third-order valence-corrected chi connectivity index (χ3v) is 3.75. The summed E-state index contributed by atoms with van der Waals surface area (Å²) in [6.07, 6.45) is 0. The highest BCUT2D eigenvalue weighted by Crippen LogP contribution is 2.28.